The average molecular weight is 560 g/mol. The summed E-state index contributed by atoms with van der Waals surface area (Å²) in [6.45, 7) is 6.21. The van der Waals surface area contributed by atoms with Gasteiger partial charge in [0.05, 0.1) is 18.2 Å². The maximum Gasteiger partial charge on any atom is 0.259 e. The number of piperazine rings is 1. The Balaban J connectivity index is 1.49. The van der Waals surface area contributed by atoms with Crippen LogP contribution in [0, 0.1) is 5.92 Å². The fourth-order valence-corrected chi connectivity index (χ4v) is 6.86. The molecule has 2 fully saturated rings. The number of amides is 1. The Morgan fingerprint density at radius 2 is 2.00 bits per heavy atom. The van der Waals surface area contributed by atoms with Crippen LogP contribution in [0.5, 0.6) is 5.88 Å². The van der Waals surface area contributed by atoms with Gasteiger partial charge in [0, 0.05) is 73.6 Å². The molecule has 1 aliphatic carbocycles. The second-order valence-electron chi connectivity index (χ2n) is 10.4. The molecule has 1 saturated carbocycles. The topological polar surface area (TPSA) is 114 Å². The van der Waals surface area contributed by atoms with Crippen molar-refractivity contribution in [2.45, 2.75) is 39.3 Å². The van der Waals surface area contributed by atoms with Gasteiger partial charge < -0.3 is 14.6 Å². The van der Waals surface area contributed by atoms with Crippen LogP contribution in [0.3, 0.4) is 0 Å². The lowest BCUT2D eigenvalue weighted by atomic mass is 10.1. The van der Waals surface area contributed by atoms with E-state index in [0.717, 1.165) is 33.5 Å². The van der Waals surface area contributed by atoms with Gasteiger partial charge in [-0.1, -0.05) is 0 Å². The minimum atomic E-state index is -3.22. The molecule has 1 unspecified atom stereocenters. The number of hydrogen-bond acceptors (Lipinski definition) is 8. The van der Waals surface area contributed by atoms with Crippen molar-refractivity contribution in [2.75, 3.05) is 37.8 Å². The van der Waals surface area contributed by atoms with E-state index in [0.29, 0.717) is 55.8 Å². The van der Waals surface area contributed by atoms with Crippen LogP contribution in [-0.2, 0) is 28.4 Å². The number of aryl methyl sites for hydroxylation is 1. The summed E-state index contributed by atoms with van der Waals surface area (Å²) in [5.41, 5.74) is 1.58. The van der Waals surface area contributed by atoms with E-state index < -0.39 is 10.0 Å². The van der Waals surface area contributed by atoms with Crippen molar-refractivity contribution < 1.29 is 17.9 Å². The molecule has 3 aromatic heterocycles. The number of fused-ring (bicyclic) bond motifs is 1. The first-order valence-electron chi connectivity index (χ1n) is 12.7. The predicted molar refractivity (Wildman–Crippen MR) is 149 cm³/mol. The first-order valence-corrected chi connectivity index (χ1v) is 15.4. The van der Waals surface area contributed by atoms with E-state index in [1.54, 1.807) is 29.0 Å². The molecule has 0 spiro atoms. The van der Waals surface area contributed by atoms with Crippen LogP contribution >= 0.6 is 11.3 Å². The quantitative estimate of drug-likeness (QED) is 0.451. The van der Waals surface area contributed by atoms with Crippen molar-refractivity contribution in [2.24, 2.45) is 13.0 Å². The lowest BCUT2D eigenvalue weighted by Gasteiger charge is -2.38. The lowest BCUT2D eigenvalue weighted by molar-refractivity contribution is -0.114. The van der Waals surface area contributed by atoms with Gasteiger partial charge in [0.25, 0.3) is 5.56 Å². The van der Waals surface area contributed by atoms with Gasteiger partial charge in [0.15, 0.2) is 0 Å². The van der Waals surface area contributed by atoms with E-state index in [-0.39, 0.29) is 17.5 Å². The monoisotopic (exact) mass is 559 g/mol. The second kappa shape index (κ2) is 10.4. The fourth-order valence-electron chi connectivity index (χ4n) is 4.75. The number of hydrogen-bond donors (Lipinski definition) is 1. The van der Waals surface area contributed by atoms with Crippen molar-refractivity contribution >= 4 is 43.2 Å². The third kappa shape index (κ3) is 5.93. The number of thiophene rings is 1. The molecule has 2 aliphatic rings. The summed E-state index contributed by atoms with van der Waals surface area (Å²) >= 11 is 1.56. The zero-order valence-electron chi connectivity index (χ0n) is 22.1. The van der Waals surface area contributed by atoms with Crippen LogP contribution in [-0.4, -0.2) is 71.6 Å². The van der Waals surface area contributed by atoms with Crippen LogP contribution in [0.2, 0.25) is 0 Å². The predicted octanol–water partition coefficient (Wildman–Crippen LogP) is 2.87. The number of ether oxygens (including phenoxy) is 1. The summed E-state index contributed by atoms with van der Waals surface area (Å²) in [6, 6.07) is 5.66. The van der Waals surface area contributed by atoms with Gasteiger partial charge in [0.1, 0.15) is 5.82 Å². The molecule has 4 heterocycles. The Morgan fingerprint density at radius 1 is 1.24 bits per heavy atom. The van der Waals surface area contributed by atoms with Crippen molar-refractivity contribution in [3.63, 3.8) is 0 Å². The van der Waals surface area contributed by atoms with E-state index in [1.165, 1.54) is 17.5 Å². The second-order valence-corrected chi connectivity index (χ2v) is 13.5. The van der Waals surface area contributed by atoms with Crippen molar-refractivity contribution in [3.05, 3.63) is 39.6 Å². The Hall–Kier alpha value is -2.80. The largest absolute Gasteiger partial charge is 0.477 e. The Morgan fingerprint density at radius 3 is 2.66 bits per heavy atom. The first kappa shape index (κ1) is 26.8. The highest BCUT2D eigenvalue weighted by atomic mass is 32.2. The number of sulfonamides is 1. The summed E-state index contributed by atoms with van der Waals surface area (Å²) in [6.07, 6.45) is 5.37. The molecule has 1 amide bonds. The maximum atomic E-state index is 13.1. The average Bonchev–Trinajstić information content (AvgIpc) is 3.58. The van der Waals surface area contributed by atoms with Gasteiger partial charge in [-0.15, -0.1) is 11.3 Å². The van der Waals surface area contributed by atoms with Crippen molar-refractivity contribution in [1.29, 1.82) is 0 Å². The smallest absolute Gasteiger partial charge is 0.259 e. The highest BCUT2D eigenvalue weighted by molar-refractivity contribution is 7.88. The normalized spacial score (nSPS) is 19.1. The number of rotatable bonds is 8. The van der Waals surface area contributed by atoms with Crippen LogP contribution in [0.4, 0.5) is 5.82 Å². The molecule has 0 radical (unpaired) electrons. The zero-order valence-corrected chi connectivity index (χ0v) is 23.7. The molecule has 1 aliphatic heterocycles. The molecule has 5 rings (SSSR count). The summed E-state index contributed by atoms with van der Waals surface area (Å²) < 4.78 is 33.9. The summed E-state index contributed by atoms with van der Waals surface area (Å²) in [7, 11) is -1.49. The molecule has 38 heavy (non-hydrogen) atoms. The molecule has 10 nitrogen and oxygen atoms in total. The van der Waals surface area contributed by atoms with Gasteiger partial charge in [-0.3, -0.25) is 14.5 Å². The number of anilines is 1. The van der Waals surface area contributed by atoms with Crippen LogP contribution in [0.25, 0.3) is 21.2 Å². The lowest BCUT2D eigenvalue weighted by Crippen LogP contribution is -2.52. The zero-order chi connectivity index (χ0) is 27.2. The van der Waals surface area contributed by atoms with E-state index in [9.17, 15) is 18.0 Å². The van der Waals surface area contributed by atoms with Gasteiger partial charge in [-0.25, -0.2) is 8.42 Å². The van der Waals surface area contributed by atoms with Gasteiger partial charge in [-0.2, -0.15) is 9.29 Å². The molecule has 0 aromatic carbocycles. The van der Waals surface area contributed by atoms with E-state index in [2.05, 4.69) is 15.2 Å². The Labute approximate surface area is 226 Å². The molecule has 0 bridgehead atoms. The summed E-state index contributed by atoms with van der Waals surface area (Å²) in [5, 5.41) is 3.39. The molecule has 1 N–H and O–H groups in total. The van der Waals surface area contributed by atoms with Crippen LogP contribution in [0.1, 0.15) is 31.6 Å². The van der Waals surface area contributed by atoms with Crippen LogP contribution in [0.15, 0.2) is 29.2 Å². The molecule has 1 atom stereocenters. The van der Waals surface area contributed by atoms with Gasteiger partial charge >= 0.3 is 0 Å². The third-order valence-electron chi connectivity index (χ3n) is 7.04. The van der Waals surface area contributed by atoms with Crippen LogP contribution < -0.4 is 15.6 Å². The number of carbonyl (C=O) groups is 1. The first-order chi connectivity index (χ1) is 18.0. The molecule has 12 heteroatoms. The highest BCUT2D eigenvalue weighted by Crippen LogP contribution is 2.37. The van der Waals surface area contributed by atoms with E-state index in [1.807, 2.05) is 25.3 Å². The Kier molecular flexibility index (Phi) is 7.33. The van der Waals surface area contributed by atoms with Gasteiger partial charge in [-0.05, 0) is 43.4 Å². The molecular weight excluding hydrogens is 526 g/mol. The minimum Gasteiger partial charge on any atom is -0.477 e. The number of nitrogens with zero attached hydrogens (tertiary/aromatic N) is 4. The molecular formula is C26H33N5O5S2. The third-order valence-corrected chi connectivity index (χ3v) is 9.46. The highest BCUT2D eigenvalue weighted by Gasteiger charge is 2.29. The van der Waals surface area contributed by atoms with Gasteiger partial charge in [0.2, 0.25) is 21.8 Å². The SMILES string of the molecule is CC(=O)Nc1cc(-c2cn(C)c(=O)c3cc(CN4CCN(S(C)(=O)=O)CC4C)sc23)cc(OCC2CC2)n1. The van der Waals surface area contributed by atoms with Crippen molar-refractivity contribution in [3.8, 4) is 17.0 Å². The number of nitrogens with one attached hydrogen (secondary N) is 1. The molecule has 1 saturated heterocycles. The minimum absolute atomic E-state index is 0.0533. The summed E-state index contributed by atoms with van der Waals surface area (Å²) in [4.78, 5) is 32.6. The number of pyridine rings is 2. The summed E-state index contributed by atoms with van der Waals surface area (Å²) in [5.74, 6) is 1.17. The maximum absolute atomic E-state index is 13.1. The standard InChI is InChI=1S/C26H33N5O5S2/c1-16-12-31(38(4,34)35)8-7-30(16)13-20-11-21-25(37-20)22(14-29(3)26(21)33)19-9-23(27-17(2)32)28-24(10-19)36-15-18-5-6-18/h9-11,14,16,18H,5-8,12-13,15H2,1-4H3,(H,27,28,32). The fraction of sp³-hybridized carbons (Fsp3) is 0.500. The Bertz CT molecular complexity index is 1540. The molecule has 3 aromatic rings. The van der Waals surface area contributed by atoms with E-state index >= 15 is 0 Å². The number of carbonyl (C=O) groups excluding carboxylic acids is 1. The van der Waals surface area contributed by atoms with Crippen molar-refractivity contribution in [1.82, 2.24) is 18.8 Å². The number of aromatic nitrogens is 2. The van der Waals surface area contributed by atoms with E-state index in [4.69, 9.17) is 4.74 Å². The molecule has 204 valence electrons.